The van der Waals surface area contributed by atoms with Gasteiger partial charge in [0, 0.05) is 11.5 Å². The fraction of sp³-hybridized carbons (Fsp3) is 0.562. The molecule has 0 bridgehead atoms. The van der Waals surface area contributed by atoms with Crippen LogP contribution in [-0.2, 0) is 4.79 Å². The van der Waals surface area contributed by atoms with Gasteiger partial charge in [0.1, 0.15) is 11.6 Å². The summed E-state index contributed by atoms with van der Waals surface area (Å²) in [6.07, 6.45) is 3.88. The van der Waals surface area contributed by atoms with Crippen LogP contribution in [0.3, 0.4) is 0 Å². The molecule has 1 fully saturated rings. The molecule has 0 aromatic heterocycles. The third kappa shape index (κ3) is 3.00. The standard InChI is InChI=1S/C16H20F2O2/c1-2-4-10-7-8-11(16(19)20)12(9-10)15-13(17)5-3-6-14(15)18/h3,5-6,10-12H,2,4,7-9H2,1H3,(H,19,20). The van der Waals surface area contributed by atoms with Crippen LogP contribution in [0, 0.1) is 23.5 Å². The smallest absolute Gasteiger partial charge is 0.307 e. The molecule has 20 heavy (non-hydrogen) atoms. The Labute approximate surface area is 117 Å². The van der Waals surface area contributed by atoms with E-state index in [1.165, 1.54) is 18.2 Å². The number of halogens is 2. The molecule has 2 rings (SSSR count). The van der Waals surface area contributed by atoms with E-state index in [0.717, 1.165) is 19.3 Å². The van der Waals surface area contributed by atoms with Gasteiger partial charge in [0.15, 0.2) is 0 Å². The number of aliphatic carboxylic acids is 1. The fourth-order valence-corrected chi connectivity index (χ4v) is 3.41. The lowest BCUT2D eigenvalue weighted by Gasteiger charge is -2.34. The second kappa shape index (κ2) is 6.33. The second-order valence-electron chi connectivity index (χ2n) is 5.65. The molecule has 0 spiro atoms. The van der Waals surface area contributed by atoms with E-state index in [-0.39, 0.29) is 5.56 Å². The van der Waals surface area contributed by atoms with E-state index in [2.05, 4.69) is 6.92 Å². The minimum absolute atomic E-state index is 0.0410. The first-order valence-electron chi connectivity index (χ1n) is 7.21. The Hall–Kier alpha value is -1.45. The third-order valence-electron chi connectivity index (χ3n) is 4.34. The van der Waals surface area contributed by atoms with Gasteiger partial charge in [-0.25, -0.2) is 8.78 Å². The van der Waals surface area contributed by atoms with Crippen LogP contribution in [0.25, 0.3) is 0 Å². The molecule has 1 aliphatic rings. The zero-order valence-electron chi connectivity index (χ0n) is 11.6. The Balaban J connectivity index is 2.34. The predicted octanol–water partition coefficient (Wildman–Crippen LogP) is 4.35. The van der Waals surface area contributed by atoms with Crippen molar-refractivity contribution in [2.24, 2.45) is 11.8 Å². The van der Waals surface area contributed by atoms with Crippen molar-refractivity contribution in [3.63, 3.8) is 0 Å². The Morgan fingerprint density at radius 1 is 1.30 bits per heavy atom. The number of carboxylic acids is 1. The van der Waals surface area contributed by atoms with Gasteiger partial charge >= 0.3 is 5.97 Å². The minimum atomic E-state index is -0.951. The molecule has 1 aromatic rings. The Kier molecular flexibility index (Phi) is 4.73. The summed E-state index contributed by atoms with van der Waals surface area (Å²) in [6, 6.07) is 3.73. The maximum absolute atomic E-state index is 14.0. The van der Waals surface area contributed by atoms with Crippen molar-refractivity contribution in [1.82, 2.24) is 0 Å². The molecule has 3 atom stereocenters. The molecule has 4 heteroatoms. The van der Waals surface area contributed by atoms with E-state index in [9.17, 15) is 18.7 Å². The van der Waals surface area contributed by atoms with Crippen molar-refractivity contribution in [3.05, 3.63) is 35.4 Å². The van der Waals surface area contributed by atoms with Gasteiger partial charge in [-0.05, 0) is 37.3 Å². The molecule has 1 aliphatic carbocycles. The van der Waals surface area contributed by atoms with Crippen molar-refractivity contribution in [2.75, 3.05) is 0 Å². The van der Waals surface area contributed by atoms with Crippen LogP contribution < -0.4 is 0 Å². The lowest BCUT2D eigenvalue weighted by atomic mass is 9.70. The second-order valence-corrected chi connectivity index (χ2v) is 5.65. The average Bonchev–Trinajstić information content (AvgIpc) is 2.39. The number of hydrogen-bond donors (Lipinski definition) is 1. The Morgan fingerprint density at radius 3 is 2.50 bits per heavy atom. The quantitative estimate of drug-likeness (QED) is 0.891. The van der Waals surface area contributed by atoms with Crippen molar-refractivity contribution in [3.8, 4) is 0 Å². The highest BCUT2D eigenvalue weighted by atomic mass is 19.1. The SMILES string of the molecule is CCCC1CCC(C(=O)O)C(c2c(F)cccc2F)C1. The molecular formula is C16H20F2O2. The van der Waals surface area contributed by atoms with E-state index in [1.807, 2.05) is 0 Å². The van der Waals surface area contributed by atoms with Crippen molar-refractivity contribution in [2.45, 2.75) is 44.9 Å². The first-order chi connectivity index (χ1) is 9.54. The number of carbonyl (C=O) groups is 1. The summed E-state index contributed by atoms with van der Waals surface area (Å²) in [5.74, 6) is -3.09. The lowest BCUT2D eigenvalue weighted by Crippen LogP contribution is -2.30. The molecule has 0 aliphatic heterocycles. The molecule has 0 heterocycles. The van der Waals surface area contributed by atoms with E-state index in [0.29, 0.717) is 18.8 Å². The average molecular weight is 282 g/mol. The van der Waals surface area contributed by atoms with E-state index < -0.39 is 29.4 Å². The molecular weight excluding hydrogens is 262 g/mol. The van der Waals surface area contributed by atoms with Gasteiger partial charge in [0.25, 0.3) is 0 Å². The zero-order chi connectivity index (χ0) is 14.7. The first kappa shape index (κ1) is 14.9. The monoisotopic (exact) mass is 282 g/mol. The fourth-order valence-electron chi connectivity index (χ4n) is 3.41. The summed E-state index contributed by atoms with van der Waals surface area (Å²) in [6.45, 7) is 2.07. The summed E-state index contributed by atoms with van der Waals surface area (Å²) >= 11 is 0. The normalized spacial score (nSPS) is 26.4. The maximum atomic E-state index is 14.0. The van der Waals surface area contributed by atoms with Crippen LogP contribution in [0.5, 0.6) is 0 Å². The molecule has 110 valence electrons. The van der Waals surface area contributed by atoms with Crippen LogP contribution in [0.4, 0.5) is 8.78 Å². The van der Waals surface area contributed by atoms with Gasteiger partial charge in [0.2, 0.25) is 0 Å². The highest BCUT2D eigenvalue weighted by Gasteiger charge is 2.38. The third-order valence-corrected chi connectivity index (χ3v) is 4.34. The van der Waals surface area contributed by atoms with Gasteiger partial charge in [-0.2, -0.15) is 0 Å². The largest absolute Gasteiger partial charge is 0.481 e. The maximum Gasteiger partial charge on any atom is 0.307 e. The van der Waals surface area contributed by atoms with Crippen LogP contribution in [0.2, 0.25) is 0 Å². The summed E-state index contributed by atoms with van der Waals surface area (Å²) in [7, 11) is 0. The zero-order valence-corrected chi connectivity index (χ0v) is 11.6. The van der Waals surface area contributed by atoms with Crippen molar-refractivity contribution in [1.29, 1.82) is 0 Å². The Bertz CT molecular complexity index is 467. The topological polar surface area (TPSA) is 37.3 Å². The minimum Gasteiger partial charge on any atom is -0.481 e. The molecule has 3 unspecified atom stereocenters. The summed E-state index contributed by atoms with van der Waals surface area (Å²) in [4.78, 5) is 11.4. The highest BCUT2D eigenvalue weighted by molar-refractivity contribution is 5.71. The van der Waals surface area contributed by atoms with Crippen LogP contribution >= 0.6 is 0 Å². The van der Waals surface area contributed by atoms with Gasteiger partial charge < -0.3 is 5.11 Å². The molecule has 1 saturated carbocycles. The molecule has 0 saturated heterocycles. The van der Waals surface area contributed by atoms with E-state index in [1.54, 1.807) is 0 Å². The number of carboxylic acid groups (broad SMARTS) is 1. The molecule has 0 amide bonds. The number of rotatable bonds is 4. The summed E-state index contributed by atoms with van der Waals surface area (Å²) < 4.78 is 27.9. The van der Waals surface area contributed by atoms with Gasteiger partial charge in [-0.1, -0.05) is 25.8 Å². The molecule has 0 radical (unpaired) electrons. The van der Waals surface area contributed by atoms with Crippen LogP contribution in [0.1, 0.15) is 50.5 Å². The van der Waals surface area contributed by atoms with Crippen molar-refractivity contribution < 1.29 is 18.7 Å². The molecule has 2 nitrogen and oxygen atoms in total. The van der Waals surface area contributed by atoms with Crippen LogP contribution in [0.15, 0.2) is 18.2 Å². The van der Waals surface area contributed by atoms with Gasteiger partial charge in [0.05, 0.1) is 5.92 Å². The highest BCUT2D eigenvalue weighted by Crippen LogP contribution is 2.43. The predicted molar refractivity (Wildman–Crippen MR) is 72.5 cm³/mol. The number of benzene rings is 1. The number of hydrogen-bond acceptors (Lipinski definition) is 1. The lowest BCUT2D eigenvalue weighted by molar-refractivity contribution is -0.144. The van der Waals surface area contributed by atoms with Crippen LogP contribution in [-0.4, -0.2) is 11.1 Å². The summed E-state index contributed by atoms with van der Waals surface area (Å²) in [5, 5.41) is 9.32. The van der Waals surface area contributed by atoms with Gasteiger partial charge in [-0.3, -0.25) is 4.79 Å². The first-order valence-corrected chi connectivity index (χ1v) is 7.21. The van der Waals surface area contributed by atoms with Gasteiger partial charge in [-0.15, -0.1) is 0 Å². The Morgan fingerprint density at radius 2 is 1.95 bits per heavy atom. The van der Waals surface area contributed by atoms with E-state index >= 15 is 0 Å². The van der Waals surface area contributed by atoms with E-state index in [4.69, 9.17) is 0 Å². The van der Waals surface area contributed by atoms with Crippen molar-refractivity contribution >= 4 is 5.97 Å². The molecule has 1 aromatic carbocycles. The molecule has 1 N–H and O–H groups in total. The summed E-state index contributed by atoms with van der Waals surface area (Å²) in [5.41, 5.74) is -0.0410.